The summed E-state index contributed by atoms with van der Waals surface area (Å²) in [7, 11) is -3.76. The maximum Gasteiger partial charge on any atom is 0.267 e. The number of benzene rings is 1. The van der Waals surface area contributed by atoms with Crippen LogP contribution in [-0.2, 0) is 10.0 Å². The van der Waals surface area contributed by atoms with E-state index < -0.39 is 10.0 Å². The van der Waals surface area contributed by atoms with Crippen molar-refractivity contribution < 1.29 is 12.9 Å². The average Bonchev–Trinajstić information content (AvgIpc) is 3.05. The second-order valence-corrected chi connectivity index (χ2v) is 6.90. The summed E-state index contributed by atoms with van der Waals surface area (Å²) < 4.78 is 32.5. The van der Waals surface area contributed by atoms with Gasteiger partial charge in [-0.1, -0.05) is 17.3 Å². The number of H-pyrrole nitrogens is 1. The molecule has 0 unspecified atom stereocenters. The molecule has 0 atom stereocenters. The molecule has 0 fully saturated rings. The van der Waals surface area contributed by atoms with Gasteiger partial charge in [0.2, 0.25) is 0 Å². The number of aromatic nitrogens is 3. The van der Waals surface area contributed by atoms with Crippen LogP contribution in [0.5, 0.6) is 0 Å². The van der Waals surface area contributed by atoms with Gasteiger partial charge in [0, 0.05) is 16.9 Å². The zero-order valence-corrected chi connectivity index (χ0v) is 13.7. The highest BCUT2D eigenvalue weighted by molar-refractivity contribution is 7.92. The van der Waals surface area contributed by atoms with Gasteiger partial charge in [0.1, 0.15) is 5.69 Å². The molecule has 0 spiro atoms. The van der Waals surface area contributed by atoms with Gasteiger partial charge in [0.25, 0.3) is 10.0 Å². The van der Waals surface area contributed by atoms with E-state index in [0.717, 1.165) is 17.0 Å². The van der Waals surface area contributed by atoms with Crippen molar-refractivity contribution in [2.45, 2.75) is 25.7 Å². The molecule has 3 aromatic rings. The van der Waals surface area contributed by atoms with E-state index in [0.29, 0.717) is 11.4 Å². The first kappa shape index (κ1) is 15.3. The van der Waals surface area contributed by atoms with Gasteiger partial charge >= 0.3 is 0 Å². The number of aromatic amines is 1. The monoisotopic (exact) mass is 332 g/mol. The largest absolute Gasteiger partial charge is 0.360 e. The van der Waals surface area contributed by atoms with Crippen LogP contribution in [-0.4, -0.2) is 23.8 Å². The van der Waals surface area contributed by atoms with E-state index >= 15 is 0 Å². The van der Waals surface area contributed by atoms with Crippen molar-refractivity contribution in [2.24, 2.45) is 0 Å². The molecule has 0 bridgehead atoms. The molecule has 0 radical (unpaired) electrons. The fraction of sp³-hybridized carbons (Fsp3) is 0.200. The van der Waals surface area contributed by atoms with Gasteiger partial charge in [-0.2, -0.15) is 5.10 Å². The number of aryl methyl sites for hydroxylation is 3. The Hall–Kier alpha value is -2.61. The zero-order valence-electron chi connectivity index (χ0n) is 12.9. The highest BCUT2D eigenvalue weighted by Gasteiger charge is 2.24. The molecule has 23 heavy (non-hydrogen) atoms. The minimum absolute atomic E-state index is 0.0681. The fourth-order valence-electron chi connectivity index (χ4n) is 2.37. The summed E-state index contributed by atoms with van der Waals surface area (Å²) in [6.45, 7) is 5.06. The molecule has 0 saturated carbocycles. The molecule has 0 saturated heterocycles. The number of nitrogens with one attached hydrogen (secondary N) is 2. The van der Waals surface area contributed by atoms with Crippen molar-refractivity contribution >= 4 is 15.7 Å². The molecule has 3 rings (SSSR count). The lowest BCUT2D eigenvalue weighted by Crippen LogP contribution is -2.14. The average molecular weight is 332 g/mol. The van der Waals surface area contributed by atoms with Gasteiger partial charge in [-0.15, -0.1) is 0 Å². The molecule has 0 aliphatic rings. The highest BCUT2D eigenvalue weighted by Crippen LogP contribution is 2.25. The minimum atomic E-state index is -3.76. The molecule has 7 nitrogen and oxygen atoms in total. The third-order valence-electron chi connectivity index (χ3n) is 3.35. The first-order valence-corrected chi connectivity index (χ1v) is 8.43. The number of hydrogen-bond acceptors (Lipinski definition) is 5. The first-order valence-electron chi connectivity index (χ1n) is 6.95. The van der Waals surface area contributed by atoms with Crippen LogP contribution in [0.4, 0.5) is 5.69 Å². The van der Waals surface area contributed by atoms with Crippen LogP contribution in [0.3, 0.4) is 0 Å². The Morgan fingerprint density at radius 2 is 1.96 bits per heavy atom. The smallest absolute Gasteiger partial charge is 0.267 e. The summed E-state index contributed by atoms with van der Waals surface area (Å²) >= 11 is 0. The third kappa shape index (κ3) is 2.98. The maximum absolute atomic E-state index is 12.5. The van der Waals surface area contributed by atoms with Gasteiger partial charge in [-0.25, -0.2) is 8.42 Å². The van der Waals surface area contributed by atoms with E-state index in [1.54, 1.807) is 32.0 Å². The maximum atomic E-state index is 12.5. The zero-order chi connectivity index (χ0) is 16.6. The van der Waals surface area contributed by atoms with E-state index in [2.05, 4.69) is 20.1 Å². The van der Waals surface area contributed by atoms with Gasteiger partial charge in [0.15, 0.2) is 10.7 Å². The van der Waals surface area contributed by atoms with Crippen LogP contribution >= 0.6 is 0 Å². The van der Waals surface area contributed by atoms with Crippen LogP contribution in [0.2, 0.25) is 0 Å². The van der Waals surface area contributed by atoms with Crippen LogP contribution < -0.4 is 4.72 Å². The lowest BCUT2D eigenvalue weighted by atomic mass is 10.1. The summed E-state index contributed by atoms with van der Waals surface area (Å²) in [6, 6.07) is 8.93. The lowest BCUT2D eigenvalue weighted by molar-refractivity contribution is 0.390. The first-order chi connectivity index (χ1) is 10.9. The standard InChI is InChI=1S/C15H16N4O3S/c1-9-7-14(17-16-9)12-5-4-6-13(8-12)19-23(20,21)15-10(2)18-22-11(15)3/h4-8,19H,1-3H3,(H,16,17). The SMILES string of the molecule is Cc1cc(-c2cccc(NS(=O)(=O)c3c(C)noc3C)c2)n[nH]1. The highest BCUT2D eigenvalue weighted by atomic mass is 32.2. The molecule has 8 heteroatoms. The summed E-state index contributed by atoms with van der Waals surface area (Å²) in [5.41, 5.74) is 3.27. The Morgan fingerprint density at radius 1 is 1.17 bits per heavy atom. The third-order valence-corrected chi connectivity index (χ3v) is 4.98. The molecule has 2 heterocycles. The van der Waals surface area contributed by atoms with Crippen molar-refractivity contribution in [3.8, 4) is 11.3 Å². The molecule has 1 aromatic carbocycles. The van der Waals surface area contributed by atoms with Crippen LogP contribution in [0.15, 0.2) is 39.8 Å². The van der Waals surface area contributed by atoms with E-state index in [9.17, 15) is 8.42 Å². The Labute approximate surface area is 133 Å². The van der Waals surface area contributed by atoms with Gasteiger partial charge < -0.3 is 4.52 Å². The normalized spacial score (nSPS) is 11.6. The Bertz CT molecular complexity index is 937. The topological polar surface area (TPSA) is 101 Å². The van der Waals surface area contributed by atoms with E-state index in [-0.39, 0.29) is 10.7 Å². The molecule has 0 aliphatic carbocycles. The molecule has 2 N–H and O–H groups in total. The number of hydrogen-bond donors (Lipinski definition) is 2. The lowest BCUT2D eigenvalue weighted by Gasteiger charge is -2.08. The van der Waals surface area contributed by atoms with Crippen molar-refractivity contribution in [2.75, 3.05) is 4.72 Å². The van der Waals surface area contributed by atoms with Gasteiger partial charge in [-0.3, -0.25) is 9.82 Å². The molecule has 120 valence electrons. The molecular weight excluding hydrogens is 316 g/mol. The summed E-state index contributed by atoms with van der Waals surface area (Å²) in [4.78, 5) is 0.0681. The van der Waals surface area contributed by atoms with Crippen LogP contribution in [0.25, 0.3) is 11.3 Å². The van der Waals surface area contributed by atoms with Crippen LogP contribution in [0.1, 0.15) is 17.1 Å². The molecular formula is C15H16N4O3S. The Morgan fingerprint density at radius 3 is 2.57 bits per heavy atom. The second-order valence-electron chi connectivity index (χ2n) is 5.28. The molecule has 2 aromatic heterocycles. The van der Waals surface area contributed by atoms with E-state index in [1.165, 1.54) is 0 Å². The van der Waals surface area contributed by atoms with E-state index in [4.69, 9.17) is 4.52 Å². The number of sulfonamides is 1. The quantitative estimate of drug-likeness (QED) is 0.765. The summed E-state index contributed by atoms with van der Waals surface area (Å²) in [5, 5.41) is 10.7. The number of nitrogens with zero attached hydrogens (tertiary/aromatic N) is 2. The van der Waals surface area contributed by atoms with Crippen molar-refractivity contribution in [1.82, 2.24) is 15.4 Å². The van der Waals surface area contributed by atoms with Crippen molar-refractivity contribution in [1.29, 1.82) is 0 Å². The molecule has 0 amide bonds. The summed E-state index contributed by atoms with van der Waals surface area (Å²) in [6.07, 6.45) is 0. The molecule has 0 aliphatic heterocycles. The second kappa shape index (κ2) is 5.54. The predicted molar refractivity (Wildman–Crippen MR) is 85.5 cm³/mol. The van der Waals surface area contributed by atoms with Crippen LogP contribution in [0, 0.1) is 20.8 Å². The predicted octanol–water partition coefficient (Wildman–Crippen LogP) is 2.79. The Balaban J connectivity index is 1.94. The summed E-state index contributed by atoms with van der Waals surface area (Å²) in [5.74, 6) is 0.258. The van der Waals surface area contributed by atoms with Crippen molar-refractivity contribution in [3.63, 3.8) is 0 Å². The number of rotatable bonds is 4. The van der Waals surface area contributed by atoms with E-state index in [1.807, 2.05) is 19.1 Å². The number of anilines is 1. The van der Waals surface area contributed by atoms with Gasteiger partial charge in [-0.05, 0) is 39.0 Å². The fourth-order valence-corrected chi connectivity index (χ4v) is 3.75. The Kier molecular flexibility index (Phi) is 3.69. The minimum Gasteiger partial charge on any atom is -0.360 e. The van der Waals surface area contributed by atoms with Gasteiger partial charge in [0.05, 0.1) is 5.69 Å². The van der Waals surface area contributed by atoms with Crippen molar-refractivity contribution in [3.05, 3.63) is 47.5 Å².